The molecule has 19 heavy (non-hydrogen) atoms. The second-order valence-corrected chi connectivity index (χ2v) is 5.94. The summed E-state index contributed by atoms with van der Waals surface area (Å²) in [5.41, 5.74) is 0.329. The smallest absolute Gasteiger partial charge is 0.0946 e. The van der Waals surface area contributed by atoms with Crippen LogP contribution in [-0.2, 0) is 16.1 Å². The van der Waals surface area contributed by atoms with Crippen molar-refractivity contribution in [2.75, 3.05) is 6.61 Å². The molecule has 1 fully saturated rings. The highest BCUT2D eigenvalue weighted by molar-refractivity contribution is 5.13. The van der Waals surface area contributed by atoms with Gasteiger partial charge in [-0.2, -0.15) is 0 Å². The molecule has 1 aromatic rings. The van der Waals surface area contributed by atoms with Crippen molar-refractivity contribution in [3.05, 3.63) is 35.9 Å². The van der Waals surface area contributed by atoms with Crippen LogP contribution in [0.1, 0.15) is 39.2 Å². The first-order valence-corrected chi connectivity index (χ1v) is 6.97. The normalized spacial score (nSPS) is 29.6. The molecular formula is C16H24O3. The number of aliphatic hydroxyl groups is 1. The number of ether oxygens (including phenoxy) is 2. The molecule has 2 rings (SSSR count). The van der Waals surface area contributed by atoms with Gasteiger partial charge >= 0.3 is 0 Å². The van der Waals surface area contributed by atoms with Crippen LogP contribution in [0.2, 0.25) is 0 Å². The van der Waals surface area contributed by atoms with Crippen molar-refractivity contribution in [2.24, 2.45) is 0 Å². The highest BCUT2D eigenvalue weighted by Gasteiger charge is 2.49. The molecule has 1 aliphatic rings. The number of rotatable bonds is 5. The second-order valence-electron chi connectivity index (χ2n) is 5.94. The van der Waals surface area contributed by atoms with Crippen molar-refractivity contribution < 1.29 is 14.6 Å². The van der Waals surface area contributed by atoms with Gasteiger partial charge < -0.3 is 14.6 Å². The molecule has 0 bridgehead atoms. The van der Waals surface area contributed by atoms with Crippen LogP contribution in [0.4, 0.5) is 0 Å². The topological polar surface area (TPSA) is 38.7 Å². The number of hydrogen-bond acceptors (Lipinski definition) is 3. The Balaban J connectivity index is 1.90. The Kier molecular flexibility index (Phi) is 4.29. The zero-order valence-corrected chi connectivity index (χ0v) is 12.1. The zero-order valence-electron chi connectivity index (χ0n) is 12.1. The maximum Gasteiger partial charge on any atom is 0.0946 e. The van der Waals surface area contributed by atoms with Gasteiger partial charge in [-0.25, -0.2) is 0 Å². The fourth-order valence-electron chi connectivity index (χ4n) is 2.60. The van der Waals surface area contributed by atoms with Gasteiger partial charge in [0.1, 0.15) is 0 Å². The van der Waals surface area contributed by atoms with Gasteiger partial charge in [0, 0.05) is 6.42 Å². The largest absolute Gasteiger partial charge is 0.390 e. The molecule has 0 spiro atoms. The van der Waals surface area contributed by atoms with Crippen LogP contribution < -0.4 is 0 Å². The van der Waals surface area contributed by atoms with Crippen LogP contribution in [0, 0.1) is 0 Å². The van der Waals surface area contributed by atoms with E-state index in [4.69, 9.17) is 9.47 Å². The average Bonchev–Trinajstić information content (AvgIpc) is 2.62. The first kappa shape index (κ1) is 14.5. The van der Waals surface area contributed by atoms with Gasteiger partial charge in [-0.3, -0.25) is 0 Å². The Morgan fingerprint density at radius 1 is 1.32 bits per heavy atom. The molecule has 0 aromatic heterocycles. The molecule has 2 unspecified atom stereocenters. The van der Waals surface area contributed by atoms with Gasteiger partial charge in [-0.1, -0.05) is 37.3 Å². The van der Waals surface area contributed by atoms with Crippen LogP contribution in [0.5, 0.6) is 0 Å². The van der Waals surface area contributed by atoms with Gasteiger partial charge in [0.25, 0.3) is 0 Å². The molecular weight excluding hydrogens is 240 g/mol. The number of hydrogen-bond donors (Lipinski definition) is 1. The minimum absolute atomic E-state index is 0.350. The van der Waals surface area contributed by atoms with Crippen molar-refractivity contribution in [1.82, 2.24) is 0 Å². The van der Waals surface area contributed by atoms with Crippen LogP contribution >= 0.6 is 0 Å². The number of aliphatic hydroxyl groups excluding tert-OH is 1. The Bertz CT molecular complexity index is 402. The highest BCUT2D eigenvalue weighted by atomic mass is 16.6. The lowest BCUT2D eigenvalue weighted by Gasteiger charge is -2.30. The maximum absolute atomic E-state index is 10.1. The van der Waals surface area contributed by atoms with E-state index in [9.17, 15) is 5.11 Å². The fourth-order valence-corrected chi connectivity index (χ4v) is 2.60. The van der Waals surface area contributed by atoms with Crippen LogP contribution in [0.15, 0.2) is 30.3 Å². The molecule has 0 amide bonds. The van der Waals surface area contributed by atoms with Gasteiger partial charge in [-0.05, 0) is 25.8 Å². The molecule has 1 saturated heterocycles. The third kappa shape index (κ3) is 3.35. The Hall–Kier alpha value is -0.900. The Labute approximate surface area is 115 Å². The van der Waals surface area contributed by atoms with E-state index >= 15 is 0 Å². The first-order chi connectivity index (χ1) is 8.97. The quantitative estimate of drug-likeness (QED) is 0.888. The van der Waals surface area contributed by atoms with E-state index in [0.29, 0.717) is 19.6 Å². The third-order valence-corrected chi connectivity index (χ3v) is 3.97. The minimum atomic E-state index is -0.480. The third-order valence-electron chi connectivity index (χ3n) is 3.97. The summed E-state index contributed by atoms with van der Waals surface area (Å²) in [6.07, 6.45) is 1.07. The summed E-state index contributed by atoms with van der Waals surface area (Å²) in [6, 6.07) is 10.1. The standard InChI is InChI=1S/C16H24O3/c1-4-16(10-14(17)15(2,3)19-16)12-18-11-13-8-6-5-7-9-13/h5-9,14,17H,4,10-12H2,1-3H3. The molecule has 0 saturated carbocycles. The lowest BCUT2D eigenvalue weighted by molar-refractivity contribution is -0.136. The van der Waals surface area contributed by atoms with Crippen LogP contribution in [-0.4, -0.2) is 29.0 Å². The lowest BCUT2D eigenvalue weighted by atomic mass is 9.93. The maximum atomic E-state index is 10.1. The summed E-state index contributed by atoms with van der Waals surface area (Å²) in [7, 11) is 0. The van der Waals surface area contributed by atoms with E-state index < -0.39 is 11.7 Å². The van der Waals surface area contributed by atoms with Gasteiger partial charge in [0.15, 0.2) is 0 Å². The van der Waals surface area contributed by atoms with Crippen molar-refractivity contribution in [3.63, 3.8) is 0 Å². The van der Waals surface area contributed by atoms with Crippen molar-refractivity contribution in [3.8, 4) is 0 Å². The van der Waals surface area contributed by atoms with E-state index in [1.807, 2.05) is 44.2 Å². The summed E-state index contributed by atoms with van der Waals surface area (Å²) >= 11 is 0. The summed E-state index contributed by atoms with van der Waals surface area (Å²) in [5, 5.41) is 10.1. The summed E-state index contributed by atoms with van der Waals surface area (Å²) in [6.45, 7) is 7.07. The monoisotopic (exact) mass is 264 g/mol. The van der Waals surface area contributed by atoms with Gasteiger partial charge in [0.05, 0.1) is 30.5 Å². The van der Waals surface area contributed by atoms with Crippen LogP contribution in [0.3, 0.4) is 0 Å². The predicted molar refractivity (Wildman–Crippen MR) is 74.9 cm³/mol. The molecule has 2 atom stereocenters. The van der Waals surface area contributed by atoms with E-state index in [1.165, 1.54) is 0 Å². The Morgan fingerprint density at radius 3 is 2.53 bits per heavy atom. The van der Waals surface area contributed by atoms with E-state index in [0.717, 1.165) is 12.0 Å². The fraction of sp³-hybridized carbons (Fsp3) is 0.625. The molecule has 1 heterocycles. The average molecular weight is 264 g/mol. The summed E-state index contributed by atoms with van der Waals surface area (Å²) in [5.74, 6) is 0. The van der Waals surface area contributed by atoms with Crippen LogP contribution in [0.25, 0.3) is 0 Å². The first-order valence-electron chi connectivity index (χ1n) is 6.97. The zero-order chi connectivity index (χ0) is 13.9. The highest BCUT2D eigenvalue weighted by Crippen LogP contribution is 2.40. The minimum Gasteiger partial charge on any atom is -0.390 e. The molecule has 3 heteroatoms. The van der Waals surface area contributed by atoms with Gasteiger partial charge in [0.2, 0.25) is 0 Å². The molecule has 0 aliphatic carbocycles. The van der Waals surface area contributed by atoms with E-state index in [-0.39, 0.29) is 5.60 Å². The predicted octanol–water partition coefficient (Wildman–Crippen LogP) is 2.91. The van der Waals surface area contributed by atoms with Crippen molar-refractivity contribution in [2.45, 2.75) is 57.5 Å². The molecule has 0 radical (unpaired) electrons. The summed E-state index contributed by atoms with van der Waals surface area (Å²) in [4.78, 5) is 0. The van der Waals surface area contributed by atoms with Crippen molar-refractivity contribution in [1.29, 1.82) is 0 Å². The lowest BCUT2D eigenvalue weighted by Crippen LogP contribution is -2.37. The summed E-state index contributed by atoms with van der Waals surface area (Å²) < 4.78 is 11.9. The molecule has 1 N–H and O–H groups in total. The SMILES string of the molecule is CCC1(COCc2ccccc2)CC(O)C(C)(C)O1. The molecule has 3 nitrogen and oxygen atoms in total. The van der Waals surface area contributed by atoms with Gasteiger partial charge in [-0.15, -0.1) is 0 Å². The van der Waals surface area contributed by atoms with Crippen molar-refractivity contribution >= 4 is 0 Å². The van der Waals surface area contributed by atoms with E-state index in [1.54, 1.807) is 0 Å². The molecule has 1 aliphatic heterocycles. The van der Waals surface area contributed by atoms with E-state index in [2.05, 4.69) is 6.92 Å². The molecule has 1 aromatic carbocycles. The molecule has 106 valence electrons. The Morgan fingerprint density at radius 2 is 2.00 bits per heavy atom. The second kappa shape index (κ2) is 5.61. The number of benzene rings is 1.